The molecule has 1 aromatic heterocycles. The summed E-state index contributed by atoms with van der Waals surface area (Å²) < 4.78 is 1.92. The first-order valence-electron chi connectivity index (χ1n) is 7.16. The summed E-state index contributed by atoms with van der Waals surface area (Å²) in [6.07, 6.45) is 1.01. The van der Waals surface area contributed by atoms with Crippen molar-refractivity contribution in [3.63, 3.8) is 0 Å². The summed E-state index contributed by atoms with van der Waals surface area (Å²) >= 11 is 0. The van der Waals surface area contributed by atoms with E-state index in [-0.39, 0.29) is 10.7 Å². The van der Waals surface area contributed by atoms with E-state index < -0.39 is 0 Å². The van der Waals surface area contributed by atoms with Crippen molar-refractivity contribution in [1.29, 1.82) is 0 Å². The topological polar surface area (TPSA) is 90.2 Å². The molecule has 0 amide bonds. The van der Waals surface area contributed by atoms with Gasteiger partial charge in [0.2, 0.25) is 11.6 Å². The fourth-order valence-corrected chi connectivity index (χ4v) is 3.00. The molecule has 20 heavy (non-hydrogen) atoms. The Morgan fingerprint density at radius 3 is 2.80 bits per heavy atom. The van der Waals surface area contributed by atoms with E-state index in [2.05, 4.69) is 16.8 Å². The molecular weight excluding hydrogens is 258 g/mol. The third-order valence-electron chi connectivity index (χ3n) is 4.32. The van der Waals surface area contributed by atoms with Gasteiger partial charge in [-0.3, -0.25) is 4.57 Å². The Morgan fingerprint density at radius 1 is 1.55 bits per heavy atom. The number of aromatic nitrogens is 2. The molecule has 0 aromatic carbocycles. The van der Waals surface area contributed by atoms with Crippen molar-refractivity contribution >= 4 is 11.6 Å². The molecule has 1 aliphatic heterocycles. The Balaban J connectivity index is 2.38. The minimum Gasteiger partial charge on any atom is -0.358 e. The van der Waals surface area contributed by atoms with E-state index in [1.165, 1.54) is 0 Å². The molecule has 1 fully saturated rings. The highest BCUT2D eigenvalue weighted by molar-refractivity contribution is 5.56. The number of hydrogen-bond donors (Lipinski definition) is 1. The number of aryl methyl sites for hydroxylation is 1. The predicted octanol–water partition coefficient (Wildman–Crippen LogP) is 1.54. The van der Waals surface area contributed by atoms with Gasteiger partial charge in [0.25, 0.3) is 0 Å². The van der Waals surface area contributed by atoms with Gasteiger partial charge < -0.3 is 20.7 Å². The standard InChI is InChI=1S/C13H23N5O2/c1-4-17-10(3)15-12(18(19)20)13(17)16-6-5-9(2)11(7-14)8-16/h9,11H,4-8,14H2,1-3H3. The van der Waals surface area contributed by atoms with E-state index >= 15 is 0 Å². The largest absolute Gasteiger partial charge is 0.406 e. The lowest BCUT2D eigenvalue weighted by atomic mass is 9.87. The lowest BCUT2D eigenvalue weighted by Gasteiger charge is -2.37. The maximum Gasteiger partial charge on any atom is 0.406 e. The van der Waals surface area contributed by atoms with Gasteiger partial charge in [0.1, 0.15) is 0 Å². The zero-order valence-corrected chi connectivity index (χ0v) is 12.4. The van der Waals surface area contributed by atoms with Gasteiger partial charge >= 0.3 is 5.82 Å². The molecule has 0 spiro atoms. The van der Waals surface area contributed by atoms with Crippen molar-refractivity contribution in [3.05, 3.63) is 15.9 Å². The quantitative estimate of drug-likeness (QED) is 0.668. The van der Waals surface area contributed by atoms with Crippen LogP contribution >= 0.6 is 0 Å². The van der Waals surface area contributed by atoms with E-state index in [0.29, 0.717) is 36.6 Å². The maximum absolute atomic E-state index is 11.2. The van der Waals surface area contributed by atoms with Gasteiger partial charge in [-0.25, -0.2) is 0 Å². The second-order valence-electron chi connectivity index (χ2n) is 5.52. The Hall–Kier alpha value is -1.63. The zero-order valence-electron chi connectivity index (χ0n) is 12.4. The van der Waals surface area contributed by atoms with E-state index in [1.54, 1.807) is 0 Å². The molecule has 0 bridgehead atoms. The predicted molar refractivity (Wildman–Crippen MR) is 77.8 cm³/mol. The normalized spacial score (nSPS) is 23.1. The Kier molecular flexibility index (Phi) is 4.27. The molecular formula is C13H23N5O2. The van der Waals surface area contributed by atoms with Gasteiger partial charge in [0.15, 0.2) is 0 Å². The van der Waals surface area contributed by atoms with Crippen molar-refractivity contribution in [2.45, 2.75) is 33.7 Å². The molecule has 1 saturated heterocycles. The van der Waals surface area contributed by atoms with Crippen LogP contribution < -0.4 is 10.6 Å². The van der Waals surface area contributed by atoms with Crippen LogP contribution in [0, 0.1) is 28.9 Å². The summed E-state index contributed by atoms with van der Waals surface area (Å²) in [5, 5.41) is 11.2. The van der Waals surface area contributed by atoms with E-state index in [1.807, 2.05) is 18.4 Å². The van der Waals surface area contributed by atoms with Crippen molar-refractivity contribution in [3.8, 4) is 0 Å². The second kappa shape index (κ2) is 5.78. The van der Waals surface area contributed by atoms with Crippen LogP contribution in [0.1, 0.15) is 26.1 Å². The number of piperidine rings is 1. The Morgan fingerprint density at radius 2 is 2.25 bits per heavy atom. The molecule has 0 radical (unpaired) electrons. The molecule has 112 valence electrons. The van der Waals surface area contributed by atoms with Gasteiger partial charge in [0, 0.05) is 26.6 Å². The lowest BCUT2D eigenvalue weighted by molar-refractivity contribution is -0.388. The van der Waals surface area contributed by atoms with E-state index in [9.17, 15) is 10.1 Å². The number of nitrogens with zero attached hydrogens (tertiary/aromatic N) is 4. The highest BCUT2D eigenvalue weighted by Crippen LogP contribution is 2.33. The van der Waals surface area contributed by atoms with Crippen molar-refractivity contribution in [2.75, 3.05) is 24.5 Å². The summed E-state index contributed by atoms with van der Waals surface area (Å²) in [7, 11) is 0. The Labute approximate surface area is 118 Å². The SMILES string of the molecule is CCn1c(C)nc([N+](=O)[O-])c1N1CCC(C)C(CN)C1. The molecule has 7 heteroatoms. The lowest BCUT2D eigenvalue weighted by Crippen LogP contribution is -2.43. The molecule has 2 N–H and O–H groups in total. The van der Waals surface area contributed by atoms with E-state index in [4.69, 9.17) is 5.73 Å². The minimum atomic E-state index is -0.385. The summed E-state index contributed by atoms with van der Waals surface area (Å²) in [6, 6.07) is 0. The molecule has 2 rings (SSSR count). The highest BCUT2D eigenvalue weighted by Gasteiger charge is 2.33. The van der Waals surface area contributed by atoms with Gasteiger partial charge in [-0.15, -0.1) is 0 Å². The fraction of sp³-hybridized carbons (Fsp3) is 0.769. The van der Waals surface area contributed by atoms with Gasteiger partial charge in [-0.05, 0) is 41.6 Å². The Bertz CT molecular complexity index is 499. The number of hydrogen-bond acceptors (Lipinski definition) is 5. The molecule has 1 aromatic rings. The second-order valence-corrected chi connectivity index (χ2v) is 5.52. The smallest absolute Gasteiger partial charge is 0.358 e. The minimum absolute atomic E-state index is 0.0327. The number of imidazole rings is 1. The number of anilines is 1. The van der Waals surface area contributed by atoms with E-state index in [0.717, 1.165) is 19.5 Å². The van der Waals surface area contributed by atoms with Crippen molar-refractivity contribution in [2.24, 2.45) is 17.6 Å². The van der Waals surface area contributed by atoms with Crippen LogP contribution in [0.3, 0.4) is 0 Å². The highest BCUT2D eigenvalue weighted by atomic mass is 16.6. The van der Waals surface area contributed by atoms with Crippen LogP contribution in [-0.4, -0.2) is 34.1 Å². The molecule has 1 aliphatic rings. The zero-order chi connectivity index (χ0) is 14.9. The average Bonchev–Trinajstić information content (AvgIpc) is 2.76. The summed E-state index contributed by atoms with van der Waals surface area (Å²) in [5.74, 6) is 2.24. The molecule has 2 atom stereocenters. The van der Waals surface area contributed by atoms with Crippen LogP contribution in [0.2, 0.25) is 0 Å². The first-order chi connectivity index (χ1) is 9.49. The third-order valence-corrected chi connectivity index (χ3v) is 4.32. The van der Waals surface area contributed by atoms with Crippen molar-refractivity contribution in [1.82, 2.24) is 9.55 Å². The number of nitro groups is 1. The average molecular weight is 281 g/mol. The fourth-order valence-electron chi connectivity index (χ4n) is 3.00. The number of nitrogens with two attached hydrogens (primary N) is 1. The molecule has 2 heterocycles. The first kappa shape index (κ1) is 14.8. The summed E-state index contributed by atoms with van der Waals surface area (Å²) in [4.78, 5) is 17.1. The summed E-state index contributed by atoms with van der Waals surface area (Å²) in [6.45, 7) is 8.88. The van der Waals surface area contributed by atoms with Crippen molar-refractivity contribution < 1.29 is 4.92 Å². The van der Waals surface area contributed by atoms with Crippen LogP contribution in [-0.2, 0) is 6.54 Å². The maximum atomic E-state index is 11.2. The molecule has 0 aliphatic carbocycles. The molecule has 0 saturated carbocycles. The first-order valence-corrected chi connectivity index (χ1v) is 7.16. The van der Waals surface area contributed by atoms with Gasteiger partial charge in [-0.1, -0.05) is 6.92 Å². The molecule has 2 unspecified atom stereocenters. The third kappa shape index (κ3) is 2.49. The van der Waals surface area contributed by atoms with Crippen LogP contribution in [0.4, 0.5) is 11.6 Å². The van der Waals surface area contributed by atoms with Gasteiger partial charge in [-0.2, -0.15) is 0 Å². The molecule has 7 nitrogen and oxygen atoms in total. The van der Waals surface area contributed by atoms with Gasteiger partial charge in [0.05, 0.1) is 0 Å². The number of rotatable bonds is 4. The summed E-state index contributed by atoms with van der Waals surface area (Å²) in [5.41, 5.74) is 5.82. The monoisotopic (exact) mass is 281 g/mol. The van der Waals surface area contributed by atoms with Crippen LogP contribution in [0.5, 0.6) is 0 Å². The van der Waals surface area contributed by atoms with Crippen LogP contribution in [0.15, 0.2) is 0 Å². The van der Waals surface area contributed by atoms with Crippen LogP contribution in [0.25, 0.3) is 0 Å².